The maximum absolute atomic E-state index is 12.9. The molecule has 0 bridgehead atoms. The Morgan fingerprint density at radius 1 is 1.56 bits per heavy atom. The van der Waals surface area contributed by atoms with Crippen molar-refractivity contribution >= 4 is 21.8 Å². The molecule has 0 fully saturated rings. The van der Waals surface area contributed by atoms with Crippen molar-refractivity contribution in [2.75, 3.05) is 13.7 Å². The SMILES string of the molecule is CNC(=O)CCCOc1ccc(F)c(Br)c1. The number of rotatable bonds is 5. The fraction of sp³-hybridized carbons (Fsp3) is 0.364. The van der Waals surface area contributed by atoms with E-state index in [0.717, 1.165) is 0 Å². The maximum atomic E-state index is 12.9. The van der Waals surface area contributed by atoms with Crippen LogP contribution in [0.1, 0.15) is 12.8 Å². The summed E-state index contributed by atoms with van der Waals surface area (Å²) in [5, 5.41) is 2.53. The molecular weight excluding hydrogens is 277 g/mol. The van der Waals surface area contributed by atoms with Crippen LogP contribution in [0, 0.1) is 5.82 Å². The molecule has 0 aromatic heterocycles. The Bertz CT molecular complexity index is 371. The molecule has 1 aromatic rings. The largest absolute Gasteiger partial charge is 0.494 e. The van der Waals surface area contributed by atoms with Gasteiger partial charge in [0.25, 0.3) is 0 Å². The van der Waals surface area contributed by atoms with Crippen LogP contribution in [-0.2, 0) is 4.79 Å². The minimum atomic E-state index is -0.322. The molecule has 0 aliphatic carbocycles. The zero-order chi connectivity index (χ0) is 12.0. The van der Waals surface area contributed by atoms with Crippen LogP contribution in [0.4, 0.5) is 4.39 Å². The first-order chi connectivity index (χ1) is 7.63. The number of ether oxygens (including phenoxy) is 1. The Balaban J connectivity index is 2.32. The lowest BCUT2D eigenvalue weighted by Gasteiger charge is -2.06. The van der Waals surface area contributed by atoms with Gasteiger partial charge in [-0.15, -0.1) is 0 Å². The predicted molar refractivity (Wildman–Crippen MR) is 62.9 cm³/mol. The van der Waals surface area contributed by atoms with Crippen molar-refractivity contribution in [1.82, 2.24) is 5.32 Å². The molecule has 3 nitrogen and oxygen atoms in total. The highest BCUT2D eigenvalue weighted by atomic mass is 79.9. The van der Waals surface area contributed by atoms with Crippen molar-refractivity contribution in [1.29, 1.82) is 0 Å². The average Bonchev–Trinajstić information content (AvgIpc) is 2.28. The smallest absolute Gasteiger partial charge is 0.219 e. The first kappa shape index (κ1) is 13.0. The van der Waals surface area contributed by atoms with Gasteiger partial charge in [-0.05, 0) is 40.5 Å². The van der Waals surface area contributed by atoms with Crippen LogP contribution in [0.15, 0.2) is 22.7 Å². The van der Waals surface area contributed by atoms with Crippen molar-refractivity contribution in [3.05, 3.63) is 28.5 Å². The van der Waals surface area contributed by atoms with Crippen molar-refractivity contribution in [2.45, 2.75) is 12.8 Å². The summed E-state index contributed by atoms with van der Waals surface area (Å²) < 4.78 is 18.6. The molecule has 0 unspecified atom stereocenters. The molecule has 16 heavy (non-hydrogen) atoms. The number of amides is 1. The predicted octanol–water partition coefficient (Wildman–Crippen LogP) is 2.49. The number of hydrogen-bond donors (Lipinski definition) is 1. The summed E-state index contributed by atoms with van der Waals surface area (Å²) in [7, 11) is 1.60. The van der Waals surface area contributed by atoms with E-state index in [1.54, 1.807) is 19.2 Å². The average molecular weight is 290 g/mol. The second kappa shape index (κ2) is 6.48. The first-order valence-electron chi connectivity index (χ1n) is 4.92. The Morgan fingerprint density at radius 2 is 2.31 bits per heavy atom. The van der Waals surface area contributed by atoms with Crippen LogP contribution in [0.2, 0.25) is 0 Å². The maximum Gasteiger partial charge on any atom is 0.219 e. The van der Waals surface area contributed by atoms with E-state index in [1.807, 2.05) is 0 Å². The van der Waals surface area contributed by atoms with E-state index >= 15 is 0 Å². The van der Waals surface area contributed by atoms with Crippen LogP contribution < -0.4 is 10.1 Å². The van der Waals surface area contributed by atoms with E-state index in [0.29, 0.717) is 29.7 Å². The second-order valence-electron chi connectivity index (χ2n) is 3.20. The van der Waals surface area contributed by atoms with Crippen LogP contribution in [0.25, 0.3) is 0 Å². The van der Waals surface area contributed by atoms with Crippen molar-refractivity contribution < 1.29 is 13.9 Å². The summed E-state index contributed by atoms with van der Waals surface area (Å²) in [5.41, 5.74) is 0. The molecule has 0 heterocycles. The number of hydrogen-bond acceptors (Lipinski definition) is 2. The molecule has 0 radical (unpaired) electrons. The summed E-state index contributed by atoms with van der Waals surface area (Å²) in [6.45, 7) is 0.436. The van der Waals surface area contributed by atoms with Gasteiger partial charge in [-0.2, -0.15) is 0 Å². The fourth-order valence-corrected chi connectivity index (χ4v) is 1.47. The lowest BCUT2D eigenvalue weighted by molar-refractivity contribution is -0.120. The van der Waals surface area contributed by atoms with Gasteiger partial charge in [0, 0.05) is 13.5 Å². The molecule has 0 atom stereocenters. The van der Waals surface area contributed by atoms with E-state index in [-0.39, 0.29) is 11.7 Å². The third kappa shape index (κ3) is 4.18. The second-order valence-corrected chi connectivity index (χ2v) is 4.06. The summed E-state index contributed by atoms with van der Waals surface area (Å²) in [5.74, 6) is 0.256. The molecule has 0 saturated heterocycles. The van der Waals surface area contributed by atoms with Gasteiger partial charge in [0.2, 0.25) is 5.91 Å². The van der Waals surface area contributed by atoms with E-state index in [2.05, 4.69) is 21.2 Å². The normalized spacial score (nSPS) is 9.94. The Kier molecular flexibility index (Phi) is 5.25. The first-order valence-corrected chi connectivity index (χ1v) is 5.71. The van der Waals surface area contributed by atoms with Gasteiger partial charge in [0.05, 0.1) is 11.1 Å². The van der Waals surface area contributed by atoms with Crippen molar-refractivity contribution in [3.63, 3.8) is 0 Å². The highest BCUT2D eigenvalue weighted by molar-refractivity contribution is 9.10. The van der Waals surface area contributed by atoms with E-state index < -0.39 is 0 Å². The zero-order valence-corrected chi connectivity index (χ0v) is 10.5. The molecule has 1 rings (SSSR count). The molecule has 0 saturated carbocycles. The number of carbonyl (C=O) groups is 1. The highest BCUT2D eigenvalue weighted by Gasteiger charge is 2.02. The third-order valence-electron chi connectivity index (χ3n) is 1.99. The summed E-state index contributed by atoms with van der Waals surface area (Å²) in [6, 6.07) is 4.45. The summed E-state index contributed by atoms with van der Waals surface area (Å²) in [4.78, 5) is 10.9. The minimum Gasteiger partial charge on any atom is -0.494 e. The Hall–Kier alpha value is -1.10. The van der Waals surface area contributed by atoms with Gasteiger partial charge < -0.3 is 10.1 Å². The number of benzene rings is 1. The third-order valence-corrected chi connectivity index (χ3v) is 2.59. The van der Waals surface area contributed by atoms with Gasteiger partial charge >= 0.3 is 0 Å². The van der Waals surface area contributed by atoms with Gasteiger partial charge in [-0.1, -0.05) is 0 Å². The topological polar surface area (TPSA) is 38.3 Å². The van der Waals surface area contributed by atoms with Gasteiger partial charge in [-0.25, -0.2) is 4.39 Å². The van der Waals surface area contributed by atoms with Crippen LogP contribution in [0.3, 0.4) is 0 Å². The summed E-state index contributed by atoms with van der Waals surface area (Å²) >= 11 is 3.07. The molecule has 1 aromatic carbocycles. The van der Waals surface area contributed by atoms with Gasteiger partial charge in [0.1, 0.15) is 11.6 Å². The molecule has 0 aliphatic heterocycles. The molecule has 0 spiro atoms. The summed E-state index contributed by atoms with van der Waals surface area (Å²) in [6.07, 6.45) is 1.06. The molecular formula is C11H13BrFNO2. The molecule has 0 aliphatic rings. The van der Waals surface area contributed by atoms with Gasteiger partial charge in [0.15, 0.2) is 0 Å². The fourth-order valence-electron chi connectivity index (χ4n) is 1.11. The standard InChI is InChI=1S/C11H13BrFNO2/c1-14-11(15)3-2-6-16-8-4-5-10(13)9(12)7-8/h4-5,7H,2-3,6H2,1H3,(H,14,15). The quantitative estimate of drug-likeness (QED) is 0.846. The number of halogens is 2. The number of carbonyl (C=O) groups excluding carboxylic acids is 1. The van der Waals surface area contributed by atoms with Gasteiger partial charge in [-0.3, -0.25) is 4.79 Å². The van der Waals surface area contributed by atoms with Crippen molar-refractivity contribution in [3.8, 4) is 5.75 Å². The molecule has 1 N–H and O–H groups in total. The molecule has 88 valence electrons. The van der Waals surface area contributed by atoms with E-state index in [9.17, 15) is 9.18 Å². The van der Waals surface area contributed by atoms with E-state index in [4.69, 9.17) is 4.74 Å². The number of nitrogens with one attached hydrogen (secondary N) is 1. The lowest BCUT2D eigenvalue weighted by atomic mass is 10.3. The Labute approximate surface area is 102 Å². The van der Waals surface area contributed by atoms with Crippen LogP contribution >= 0.6 is 15.9 Å². The molecule has 1 amide bonds. The monoisotopic (exact) mass is 289 g/mol. The van der Waals surface area contributed by atoms with Crippen LogP contribution in [0.5, 0.6) is 5.75 Å². The van der Waals surface area contributed by atoms with E-state index in [1.165, 1.54) is 6.07 Å². The van der Waals surface area contributed by atoms with Crippen LogP contribution in [-0.4, -0.2) is 19.6 Å². The highest BCUT2D eigenvalue weighted by Crippen LogP contribution is 2.21. The van der Waals surface area contributed by atoms with Crippen molar-refractivity contribution in [2.24, 2.45) is 0 Å². The minimum absolute atomic E-state index is 0.0103. The Morgan fingerprint density at radius 3 is 2.94 bits per heavy atom. The lowest BCUT2D eigenvalue weighted by Crippen LogP contribution is -2.18. The zero-order valence-electron chi connectivity index (χ0n) is 8.93. The molecule has 5 heteroatoms.